The van der Waals surface area contributed by atoms with Crippen LogP contribution in [0.5, 0.6) is 0 Å². The first-order chi connectivity index (χ1) is 17.3. The van der Waals surface area contributed by atoms with Gasteiger partial charge in [0.1, 0.15) is 0 Å². The van der Waals surface area contributed by atoms with Crippen LogP contribution in [0.1, 0.15) is 52.0 Å². The summed E-state index contributed by atoms with van der Waals surface area (Å²) in [5.41, 5.74) is 2.20. The highest BCUT2D eigenvalue weighted by molar-refractivity contribution is 7.92. The van der Waals surface area contributed by atoms with Crippen molar-refractivity contribution in [1.82, 2.24) is 4.90 Å². The van der Waals surface area contributed by atoms with Gasteiger partial charge in [-0.1, -0.05) is 54.8 Å². The van der Waals surface area contributed by atoms with Crippen molar-refractivity contribution in [3.63, 3.8) is 0 Å². The van der Waals surface area contributed by atoms with E-state index in [9.17, 15) is 18.0 Å². The van der Waals surface area contributed by atoms with E-state index in [-0.39, 0.29) is 22.1 Å². The van der Waals surface area contributed by atoms with E-state index in [1.807, 2.05) is 11.8 Å². The van der Waals surface area contributed by atoms with Crippen molar-refractivity contribution in [2.45, 2.75) is 37.5 Å². The van der Waals surface area contributed by atoms with Gasteiger partial charge in [0.25, 0.3) is 21.8 Å². The number of rotatable bonds is 6. The standard InChI is InChI=1S/C28H31N3O4S/c1-21-15-17-22(18-16-21)36(34,35)30(2)26-14-8-6-12-24(26)27(32)29-25-13-7-5-11-23(25)28(33)31-19-9-3-4-10-20-31/h5-8,11-18H,3-4,9-10,19-20H2,1-2H3,(H,29,32). The number of sulfonamides is 1. The van der Waals surface area contributed by atoms with Crippen LogP contribution in [0.3, 0.4) is 0 Å². The third-order valence-electron chi connectivity index (χ3n) is 6.47. The van der Waals surface area contributed by atoms with Crippen LogP contribution >= 0.6 is 0 Å². The lowest BCUT2D eigenvalue weighted by atomic mass is 10.1. The van der Waals surface area contributed by atoms with E-state index in [0.717, 1.165) is 35.6 Å². The Hall–Kier alpha value is -3.65. The van der Waals surface area contributed by atoms with E-state index in [4.69, 9.17) is 0 Å². The molecule has 0 bridgehead atoms. The zero-order valence-corrected chi connectivity index (χ0v) is 21.4. The number of anilines is 2. The fourth-order valence-electron chi connectivity index (χ4n) is 4.35. The molecule has 7 nitrogen and oxygen atoms in total. The lowest BCUT2D eigenvalue weighted by Crippen LogP contribution is -2.32. The van der Waals surface area contributed by atoms with Gasteiger partial charge in [0.2, 0.25) is 0 Å². The maximum absolute atomic E-state index is 13.4. The summed E-state index contributed by atoms with van der Waals surface area (Å²) >= 11 is 0. The second-order valence-corrected chi connectivity index (χ2v) is 11.0. The molecule has 0 aliphatic carbocycles. The highest BCUT2D eigenvalue weighted by Gasteiger charge is 2.26. The average Bonchev–Trinajstić information content (AvgIpc) is 3.18. The zero-order chi connectivity index (χ0) is 25.7. The molecule has 1 heterocycles. The van der Waals surface area contributed by atoms with Gasteiger partial charge < -0.3 is 10.2 Å². The van der Waals surface area contributed by atoms with Crippen LogP contribution in [-0.2, 0) is 10.0 Å². The molecule has 0 radical (unpaired) electrons. The van der Waals surface area contributed by atoms with Crippen molar-refractivity contribution in [1.29, 1.82) is 0 Å². The molecule has 3 aromatic carbocycles. The maximum atomic E-state index is 13.4. The van der Waals surface area contributed by atoms with Crippen molar-refractivity contribution < 1.29 is 18.0 Å². The molecule has 2 amide bonds. The SMILES string of the molecule is Cc1ccc(S(=O)(=O)N(C)c2ccccc2C(=O)Nc2ccccc2C(=O)N2CCCCCC2)cc1. The number of para-hydroxylation sites is 2. The minimum Gasteiger partial charge on any atom is -0.339 e. The Kier molecular flexibility index (Phi) is 7.74. The third kappa shape index (κ3) is 5.44. The second-order valence-electron chi connectivity index (χ2n) is 9.01. The summed E-state index contributed by atoms with van der Waals surface area (Å²) in [5, 5.41) is 2.85. The molecular weight excluding hydrogens is 474 g/mol. The third-order valence-corrected chi connectivity index (χ3v) is 8.25. The lowest BCUT2D eigenvalue weighted by Gasteiger charge is -2.23. The van der Waals surface area contributed by atoms with E-state index in [1.54, 1.807) is 72.8 Å². The number of hydrogen-bond donors (Lipinski definition) is 1. The maximum Gasteiger partial charge on any atom is 0.264 e. The summed E-state index contributed by atoms with van der Waals surface area (Å²) < 4.78 is 27.6. The largest absolute Gasteiger partial charge is 0.339 e. The summed E-state index contributed by atoms with van der Waals surface area (Å²) in [6.07, 6.45) is 4.15. The smallest absolute Gasteiger partial charge is 0.264 e. The van der Waals surface area contributed by atoms with Crippen LogP contribution in [-0.4, -0.2) is 45.3 Å². The van der Waals surface area contributed by atoms with Crippen LogP contribution in [0.25, 0.3) is 0 Å². The Labute approximate surface area is 212 Å². The van der Waals surface area contributed by atoms with Crippen LogP contribution < -0.4 is 9.62 Å². The van der Waals surface area contributed by atoms with Crippen LogP contribution in [0, 0.1) is 6.92 Å². The topological polar surface area (TPSA) is 86.8 Å². The molecule has 0 aromatic heterocycles. The molecule has 1 N–H and O–H groups in total. The van der Waals surface area contributed by atoms with Gasteiger partial charge in [0.05, 0.1) is 27.4 Å². The van der Waals surface area contributed by atoms with Gasteiger partial charge in [-0.3, -0.25) is 13.9 Å². The molecule has 0 atom stereocenters. The Morgan fingerprint density at radius 2 is 1.39 bits per heavy atom. The van der Waals surface area contributed by atoms with Gasteiger partial charge in [-0.2, -0.15) is 0 Å². The van der Waals surface area contributed by atoms with Gasteiger partial charge in [-0.25, -0.2) is 8.42 Å². The van der Waals surface area contributed by atoms with Gasteiger partial charge in [0.15, 0.2) is 0 Å². The molecule has 8 heteroatoms. The normalized spacial score (nSPS) is 14.1. The zero-order valence-electron chi connectivity index (χ0n) is 20.6. The monoisotopic (exact) mass is 505 g/mol. The van der Waals surface area contributed by atoms with E-state index >= 15 is 0 Å². The van der Waals surface area contributed by atoms with Gasteiger partial charge in [0, 0.05) is 20.1 Å². The number of nitrogens with one attached hydrogen (secondary N) is 1. The Morgan fingerprint density at radius 3 is 2.06 bits per heavy atom. The van der Waals surface area contributed by atoms with Gasteiger partial charge >= 0.3 is 0 Å². The van der Waals surface area contributed by atoms with Crippen molar-refractivity contribution in [3.05, 3.63) is 89.5 Å². The summed E-state index contributed by atoms with van der Waals surface area (Å²) in [6.45, 7) is 3.28. The van der Waals surface area contributed by atoms with E-state index in [1.165, 1.54) is 7.05 Å². The quantitative estimate of drug-likeness (QED) is 0.506. The van der Waals surface area contributed by atoms with Crippen LogP contribution in [0.2, 0.25) is 0 Å². The predicted octanol–water partition coefficient (Wildman–Crippen LogP) is 5.09. The predicted molar refractivity (Wildman–Crippen MR) is 142 cm³/mol. The highest BCUT2D eigenvalue weighted by atomic mass is 32.2. The summed E-state index contributed by atoms with van der Waals surface area (Å²) in [7, 11) is -2.46. The number of carbonyl (C=O) groups excluding carboxylic acids is 2. The van der Waals surface area contributed by atoms with Crippen LogP contribution in [0.15, 0.2) is 77.7 Å². The Balaban J connectivity index is 1.61. The van der Waals surface area contributed by atoms with Gasteiger partial charge in [-0.15, -0.1) is 0 Å². The van der Waals surface area contributed by atoms with Crippen molar-refractivity contribution in [2.75, 3.05) is 29.8 Å². The molecule has 1 aliphatic rings. The first-order valence-electron chi connectivity index (χ1n) is 12.1. The molecule has 0 unspecified atom stereocenters. The molecule has 0 spiro atoms. The van der Waals surface area contributed by atoms with E-state index < -0.39 is 15.9 Å². The van der Waals surface area contributed by atoms with Crippen molar-refractivity contribution in [2.24, 2.45) is 0 Å². The summed E-state index contributed by atoms with van der Waals surface area (Å²) in [5.74, 6) is -0.604. The molecule has 1 aliphatic heterocycles. The Morgan fingerprint density at radius 1 is 0.806 bits per heavy atom. The number of aryl methyl sites for hydroxylation is 1. The number of hydrogen-bond acceptors (Lipinski definition) is 4. The highest BCUT2D eigenvalue weighted by Crippen LogP contribution is 2.28. The minimum atomic E-state index is -3.88. The van der Waals surface area contributed by atoms with E-state index in [2.05, 4.69) is 5.32 Å². The minimum absolute atomic E-state index is 0.111. The van der Waals surface area contributed by atoms with E-state index in [0.29, 0.717) is 24.3 Å². The average molecular weight is 506 g/mol. The van der Waals surface area contributed by atoms with Crippen molar-refractivity contribution >= 4 is 33.2 Å². The van der Waals surface area contributed by atoms with Crippen molar-refractivity contribution in [3.8, 4) is 0 Å². The number of benzene rings is 3. The molecule has 4 rings (SSSR count). The fourth-order valence-corrected chi connectivity index (χ4v) is 5.56. The lowest BCUT2D eigenvalue weighted by molar-refractivity contribution is 0.0762. The molecule has 36 heavy (non-hydrogen) atoms. The molecule has 3 aromatic rings. The molecule has 0 saturated carbocycles. The number of carbonyl (C=O) groups is 2. The van der Waals surface area contributed by atoms with Crippen LogP contribution in [0.4, 0.5) is 11.4 Å². The second kappa shape index (κ2) is 11.0. The first kappa shape index (κ1) is 25.4. The molecule has 1 saturated heterocycles. The summed E-state index contributed by atoms with van der Waals surface area (Å²) in [4.78, 5) is 28.6. The number of likely N-dealkylation sites (tertiary alicyclic amines) is 1. The molecule has 188 valence electrons. The van der Waals surface area contributed by atoms with Gasteiger partial charge in [-0.05, 0) is 56.2 Å². The number of amides is 2. The first-order valence-corrected chi connectivity index (χ1v) is 13.6. The molecular formula is C28H31N3O4S. The summed E-state index contributed by atoms with van der Waals surface area (Å²) in [6, 6.07) is 20.0. The fraction of sp³-hybridized carbons (Fsp3) is 0.286. The number of nitrogens with zero attached hydrogens (tertiary/aromatic N) is 2. The Bertz CT molecular complexity index is 1350. The molecule has 1 fully saturated rings.